The number of azide groups is 1. The maximum atomic E-state index is 12.0. The van der Waals surface area contributed by atoms with Gasteiger partial charge in [-0.1, -0.05) is 37.2 Å². The number of carbonyl (C=O) groups excluding carboxylic acids is 1. The molecule has 1 aliphatic heterocycles. The molecule has 118 valence electrons. The Hall–Kier alpha value is -2.04. The van der Waals surface area contributed by atoms with E-state index in [1.165, 1.54) is 0 Å². The highest BCUT2D eigenvalue weighted by Crippen LogP contribution is 2.32. The summed E-state index contributed by atoms with van der Waals surface area (Å²) in [6.07, 6.45) is -0.384. The van der Waals surface area contributed by atoms with Crippen molar-refractivity contribution in [2.45, 2.75) is 39.0 Å². The van der Waals surface area contributed by atoms with E-state index >= 15 is 0 Å². The van der Waals surface area contributed by atoms with Gasteiger partial charge in [-0.3, -0.25) is 0 Å². The fourth-order valence-electron chi connectivity index (χ4n) is 2.82. The van der Waals surface area contributed by atoms with E-state index in [1.54, 1.807) is 24.3 Å². The quantitative estimate of drug-likeness (QED) is 0.369. The van der Waals surface area contributed by atoms with Gasteiger partial charge in [0.2, 0.25) is 0 Å². The molecule has 0 amide bonds. The number of nitrogens with zero attached hydrogens (tertiary/aromatic N) is 3. The Bertz CT molecular complexity index is 557. The van der Waals surface area contributed by atoms with E-state index in [4.69, 9.17) is 15.0 Å². The van der Waals surface area contributed by atoms with Crippen LogP contribution in [0.1, 0.15) is 31.1 Å². The number of carbonyl (C=O) groups is 1. The van der Waals surface area contributed by atoms with Gasteiger partial charge in [-0.25, -0.2) is 4.79 Å². The zero-order valence-corrected chi connectivity index (χ0v) is 13.0. The van der Waals surface area contributed by atoms with E-state index in [2.05, 4.69) is 10.0 Å². The first kappa shape index (κ1) is 16.3. The molecule has 1 aliphatic rings. The van der Waals surface area contributed by atoms with Crippen LogP contribution >= 0.6 is 0 Å². The topological polar surface area (TPSA) is 84.3 Å². The second-order valence-electron chi connectivity index (χ2n) is 5.76. The van der Waals surface area contributed by atoms with Crippen LogP contribution in [0, 0.1) is 11.8 Å². The average molecular weight is 303 g/mol. The van der Waals surface area contributed by atoms with E-state index in [-0.39, 0.29) is 42.7 Å². The standard InChI is InChI=1S/C16H21N3O3/c1-10-11(2)15(18-19-17)12(3)22-14(10)9-21-16(20)13-7-5-4-6-8-13/h4-8,10-12,14-15H,9H2,1-3H3/t10-,11-,12?,14?,15?/m0/s1. The summed E-state index contributed by atoms with van der Waals surface area (Å²) in [7, 11) is 0. The number of rotatable bonds is 4. The van der Waals surface area contributed by atoms with E-state index in [0.29, 0.717) is 5.56 Å². The smallest absolute Gasteiger partial charge is 0.338 e. The molecule has 3 unspecified atom stereocenters. The first-order valence-electron chi connectivity index (χ1n) is 7.46. The Kier molecular flexibility index (Phi) is 5.41. The van der Waals surface area contributed by atoms with Crippen LogP contribution in [0.3, 0.4) is 0 Å². The van der Waals surface area contributed by atoms with Crippen LogP contribution in [0.2, 0.25) is 0 Å². The van der Waals surface area contributed by atoms with Crippen molar-refractivity contribution in [3.63, 3.8) is 0 Å². The van der Waals surface area contributed by atoms with Crippen molar-refractivity contribution in [3.05, 3.63) is 46.3 Å². The zero-order chi connectivity index (χ0) is 16.1. The molecule has 0 saturated carbocycles. The Balaban J connectivity index is 1.96. The van der Waals surface area contributed by atoms with Crippen molar-refractivity contribution < 1.29 is 14.3 Å². The number of ether oxygens (including phenoxy) is 2. The second-order valence-corrected chi connectivity index (χ2v) is 5.76. The summed E-state index contributed by atoms with van der Waals surface area (Å²) in [5, 5.41) is 3.82. The maximum Gasteiger partial charge on any atom is 0.338 e. The highest BCUT2D eigenvalue weighted by Gasteiger charge is 2.39. The van der Waals surface area contributed by atoms with Gasteiger partial charge in [-0.05, 0) is 36.4 Å². The van der Waals surface area contributed by atoms with Crippen LogP contribution in [0.25, 0.3) is 10.4 Å². The third kappa shape index (κ3) is 3.59. The number of esters is 1. The fourth-order valence-corrected chi connectivity index (χ4v) is 2.82. The predicted molar refractivity (Wildman–Crippen MR) is 82.3 cm³/mol. The summed E-state index contributed by atoms with van der Waals surface area (Å²) in [6, 6.07) is 8.69. The third-order valence-corrected chi connectivity index (χ3v) is 4.40. The van der Waals surface area contributed by atoms with Gasteiger partial charge in [0.1, 0.15) is 6.61 Å². The normalized spacial score (nSPS) is 31.1. The SMILES string of the molecule is CC1OC(COC(=O)c2ccccc2)[C@@H](C)[C@H](C)C1N=[N+]=[N-]. The van der Waals surface area contributed by atoms with Gasteiger partial charge in [-0.2, -0.15) is 0 Å². The summed E-state index contributed by atoms with van der Waals surface area (Å²) < 4.78 is 11.2. The van der Waals surface area contributed by atoms with Gasteiger partial charge in [0, 0.05) is 4.91 Å². The number of hydrogen-bond acceptors (Lipinski definition) is 4. The molecule has 0 bridgehead atoms. The molecule has 0 spiro atoms. The highest BCUT2D eigenvalue weighted by molar-refractivity contribution is 5.89. The highest BCUT2D eigenvalue weighted by atomic mass is 16.6. The summed E-state index contributed by atoms with van der Waals surface area (Å²) in [6.45, 7) is 6.15. The maximum absolute atomic E-state index is 12.0. The lowest BCUT2D eigenvalue weighted by atomic mass is 9.80. The Labute approximate surface area is 130 Å². The summed E-state index contributed by atoms with van der Waals surface area (Å²) in [5.74, 6) is -0.0516. The first-order valence-corrected chi connectivity index (χ1v) is 7.46. The second kappa shape index (κ2) is 7.29. The Morgan fingerprint density at radius 1 is 1.27 bits per heavy atom. The number of benzene rings is 1. The van der Waals surface area contributed by atoms with E-state index in [1.807, 2.05) is 26.8 Å². The van der Waals surface area contributed by atoms with Gasteiger partial charge in [0.25, 0.3) is 0 Å². The lowest BCUT2D eigenvalue weighted by Crippen LogP contribution is -2.48. The summed E-state index contributed by atoms with van der Waals surface area (Å²) in [5.41, 5.74) is 9.17. The van der Waals surface area contributed by atoms with E-state index in [0.717, 1.165) is 0 Å². The minimum atomic E-state index is -0.353. The lowest BCUT2D eigenvalue weighted by molar-refractivity contribution is -0.124. The van der Waals surface area contributed by atoms with Gasteiger partial charge in [0.15, 0.2) is 0 Å². The minimum Gasteiger partial charge on any atom is -0.459 e. The van der Waals surface area contributed by atoms with Crippen LogP contribution in [0.4, 0.5) is 0 Å². The van der Waals surface area contributed by atoms with Crippen molar-refractivity contribution in [1.82, 2.24) is 0 Å². The molecule has 6 nitrogen and oxygen atoms in total. The molecule has 1 saturated heterocycles. The van der Waals surface area contributed by atoms with Crippen molar-refractivity contribution in [2.75, 3.05) is 6.61 Å². The molecule has 0 N–H and O–H groups in total. The van der Waals surface area contributed by atoms with Crippen LogP contribution in [0.5, 0.6) is 0 Å². The monoisotopic (exact) mass is 303 g/mol. The predicted octanol–water partition coefficient (Wildman–Crippen LogP) is 3.58. The van der Waals surface area contributed by atoms with Gasteiger partial charge in [-0.15, -0.1) is 0 Å². The fraction of sp³-hybridized carbons (Fsp3) is 0.562. The van der Waals surface area contributed by atoms with Crippen molar-refractivity contribution in [2.24, 2.45) is 17.0 Å². The van der Waals surface area contributed by atoms with E-state index < -0.39 is 0 Å². The van der Waals surface area contributed by atoms with Crippen LogP contribution in [-0.4, -0.2) is 30.8 Å². The molecular weight excluding hydrogens is 282 g/mol. The van der Waals surface area contributed by atoms with E-state index in [9.17, 15) is 4.79 Å². The molecular formula is C16H21N3O3. The van der Waals surface area contributed by atoms with Gasteiger partial charge >= 0.3 is 5.97 Å². The molecule has 22 heavy (non-hydrogen) atoms. The van der Waals surface area contributed by atoms with Crippen molar-refractivity contribution in [3.8, 4) is 0 Å². The molecule has 1 fully saturated rings. The molecule has 0 aromatic heterocycles. The molecule has 0 radical (unpaired) electrons. The van der Waals surface area contributed by atoms with Crippen LogP contribution in [0.15, 0.2) is 35.4 Å². The average Bonchev–Trinajstić information content (AvgIpc) is 2.54. The van der Waals surface area contributed by atoms with Gasteiger partial charge in [0.05, 0.1) is 23.8 Å². The Morgan fingerprint density at radius 3 is 2.59 bits per heavy atom. The largest absolute Gasteiger partial charge is 0.459 e. The van der Waals surface area contributed by atoms with Crippen molar-refractivity contribution >= 4 is 5.97 Å². The third-order valence-electron chi connectivity index (χ3n) is 4.40. The molecule has 1 heterocycles. The summed E-state index contributed by atoms with van der Waals surface area (Å²) >= 11 is 0. The number of hydrogen-bond donors (Lipinski definition) is 0. The Morgan fingerprint density at radius 2 is 1.95 bits per heavy atom. The molecule has 2 rings (SSSR count). The van der Waals surface area contributed by atoms with Crippen LogP contribution in [-0.2, 0) is 9.47 Å². The van der Waals surface area contributed by atoms with Gasteiger partial charge < -0.3 is 9.47 Å². The lowest BCUT2D eigenvalue weighted by Gasteiger charge is -2.41. The van der Waals surface area contributed by atoms with Crippen molar-refractivity contribution in [1.29, 1.82) is 0 Å². The molecule has 0 aliphatic carbocycles. The summed E-state index contributed by atoms with van der Waals surface area (Å²) in [4.78, 5) is 14.9. The molecule has 1 aromatic rings. The first-order chi connectivity index (χ1) is 10.5. The molecule has 1 aromatic carbocycles. The molecule has 5 atom stereocenters. The minimum absolute atomic E-state index is 0.135. The zero-order valence-electron chi connectivity index (χ0n) is 13.0. The molecule has 6 heteroatoms. The van der Waals surface area contributed by atoms with Crippen LogP contribution < -0.4 is 0 Å².